The first-order valence-corrected chi connectivity index (χ1v) is 7.09. The Bertz CT molecular complexity index is 388. The van der Waals surface area contributed by atoms with Gasteiger partial charge in [-0.3, -0.25) is 0 Å². The summed E-state index contributed by atoms with van der Waals surface area (Å²) in [6.45, 7) is 4.36. The van der Waals surface area contributed by atoms with Gasteiger partial charge in [0.25, 0.3) is 0 Å². The molecule has 1 nitrogen and oxygen atoms in total. The summed E-state index contributed by atoms with van der Waals surface area (Å²) in [5.74, 6) is -0.172. The van der Waals surface area contributed by atoms with Crippen molar-refractivity contribution < 1.29 is 4.39 Å². The van der Waals surface area contributed by atoms with Crippen LogP contribution in [0.3, 0.4) is 0 Å². The molecule has 1 saturated carbocycles. The first-order valence-electron chi connectivity index (χ1n) is 6.30. The van der Waals surface area contributed by atoms with E-state index in [4.69, 9.17) is 0 Å². The standard InChI is InChI=1S/C14H19BrFN/c1-2-7-17-10-14(5-6-14)9-11-3-4-12(16)8-13(11)15/h3-4,8,17H,2,5-7,9-10H2,1H3. The van der Waals surface area contributed by atoms with Crippen LogP contribution in [0, 0.1) is 11.2 Å². The van der Waals surface area contributed by atoms with Crippen molar-refractivity contribution in [3.63, 3.8) is 0 Å². The van der Waals surface area contributed by atoms with Crippen molar-refractivity contribution >= 4 is 15.9 Å². The highest BCUT2D eigenvalue weighted by Crippen LogP contribution is 2.48. The van der Waals surface area contributed by atoms with Crippen molar-refractivity contribution in [2.45, 2.75) is 32.6 Å². The van der Waals surface area contributed by atoms with Crippen LogP contribution in [-0.2, 0) is 6.42 Å². The Hall–Kier alpha value is -0.410. The summed E-state index contributed by atoms with van der Waals surface area (Å²) in [4.78, 5) is 0. The van der Waals surface area contributed by atoms with E-state index in [1.165, 1.54) is 24.8 Å². The maximum Gasteiger partial charge on any atom is 0.124 e. The molecule has 1 N–H and O–H groups in total. The number of hydrogen-bond acceptors (Lipinski definition) is 1. The summed E-state index contributed by atoms with van der Waals surface area (Å²) in [5, 5.41) is 3.50. The van der Waals surface area contributed by atoms with Crippen molar-refractivity contribution in [1.29, 1.82) is 0 Å². The molecule has 0 heterocycles. The van der Waals surface area contributed by atoms with Gasteiger partial charge in [0.1, 0.15) is 5.82 Å². The van der Waals surface area contributed by atoms with E-state index in [1.54, 1.807) is 12.1 Å². The van der Waals surface area contributed by atoms with Gasteiger partial charge in [0.2, 0.25) is 0 Å². The summed E-state index contributed by atoms with van der Waals surface area (Å²) in [6.07, 6.45) is 4.79. The van der Waals surface area contributed by atoms with Gasteiger partial charge in [-0.2, -0.15) is 0 Å². The molecule has 0 radical (unpaired) electrons. The largest absolute Gasteiger partial charge is 0.316 e. The first-order chi connectivity index (χ1) is 8.15. The van der Waals surface area contributed by atoms with E-state index in [-0.39, 0.29) is 5.82 Å². The van der Waals surface area contributed by atoms with Crippen LogP contribution in [0.25, 0.3) is 0 Å². The summed E-state index contributed by atoms with van der Waals surface area (Å²) in [6, 6.07) is 5.01. The predicted molar refractivity (Wildman–Crippen MR) is 72.6 cm³/mol. The molecule has 2 rings (SSSR count). The number of rotatable bonds is 6. The molecule has 1 aliphatic rings. The number of hydrogen-bond donors (Lipinski definition) is 1. The highest BCUT2D eigenvalue weighted by atomic mass is 79.9. The lowest BCUT2D eigenvalue weighted by atomic mass is 9.96. The van der Waals surface area contributed by atoms with Crippen LogP contribution in [-0.4, -0.2) is 13.1 Å². The predicted octanol–water partition coefficient (Wildman–Crippen LogP) is 3.91. The quantitative estimate of drug-likeness (QED) is 0.785. The minimum absolute atomic E-state index is 0.172. The zero-order valence-electron chi connectivity index (χ0n) is 10.2. The maximum absolute atomic E-state index is 13.0. The van der Waals surface area contributed by atoms with E-state index in [0.29, 0.717) is 5.41 Å². The molecule has 0 aliphatic heterocycles. The van der Waals surface area contributed by atoms with Crippen molar-refractivity contribution in [2.75, 3.05) is 13.1 Å². The molecule has 3 heteroatoms. The molecule has 1 aromatic rings. The molecular formula is C14H19BrFN. The molecule has 17 heavy (non-hydrogen) atoms. The second-order valence-electron chi connectivity index (χ2n) is 5.09. The Balaban J connectivity index is 1.95. The molecule has 0 atom stereocenters. The SMILES string of the molecule is CCCNCC1(Cc2ccc(F)cc2Br)CC1. The minimum atomic E-state index is -0.172. The van der Waals surface area contributed by atoms with Crippen LogP contribution in [0.5, 0.6) is 0 Å². The summed E-state index contributed by atoms with van der Waals surface area (Å²) >= 11 is 3.45. The third-order valence-corrected chi connectivity index (χ3v) is 4.20. The molecule has 1 aliphatic carbocycles. The van der Waals surface area contributed by atoms with Gasteiger partial charge in [-0.15, -0.1) is 0 Å². The average Bonchev–Trinajstić information content (AvgIpc) is 3.03. The Kier molecular flexibility index (Phi) is 4.21. The van der Waals surface area contributed by atoms with E-state index in [1.807, 2.05) is 6.07 Å². The fraction of sp³-hybridized carbons (Fsp3) is 0.571. The lowest BCUT2D eigenvalue weighted by Gasteiger charge is -2.17. The van der Waals surface area contributed by atoms with Crippen LogP contribution >= 0.6 is 15.9 Å². The van der Waals surface area contributed by atoms with Crippen LogP contribution in [0.15, 0.2) is 22.7 Å². The van der Waals surface area contributed by atoms with E-state index in [2.05, 4.69) is 28.2 Å². The normalized spacial score (nSPS) is 17.1. The lowest BCUT2D eigenvalue weighted by molar-refractivity contribution is 0.454. The van der Waals surface area contributed by atoms with Crippen LogP contribution < -0.4 is 5.32 Å². The average molecular weight is 300 g/mol. The Morgan fingerprint density at radius 2 is 2.18 bits per heavy atom. The summed E-state index contributed by atoms with van der Waals surface area (Å²) < 4.78 is 13.9. The lowest BCUT2D eigenvalue weighted by Crippen LogP contribution is -2.26. The van der Waals surface area contributed by atoms with Gasteiger partial charge in [-0.05, 0) is 55.3 Å². The van der Waals surface area contributed by atoms with Crippen LogP contribution in [0.4, 0.5) is 4.39 Å². The first kappa shape index (κ1) is 13.0. The van der Waals surface area contributed by atoms with E-state index in [9.17, 15) is 4.39 Å². The van der Waals surface area contributed by atoms with E-state index < -0.39 is 0 Å². The molecule has 0 bridgehead atoms. The van der Waals surface area contributed by atoms with Crippen molar-refractivity contribution in [3.8, 4) is 0 Å². The smallest absolute Gasteiger partial charge is 0.124 e. The fourth-order valence-electron chi connectivity index (χ4n) is 2.19. The van der Waals surface area contributed by atoms with E-state index >= 15 is 0 Å². The topological polar surface area (TPSA) is 12.0 Å². The van der Waals surface area contributed by atoms with Gasteiger partial charge in [0.05, 0.1) is 0 Å². The summed E-state index contributed by atoms with van der Waals surface area (Å²) in [7, 11) is 0. The molecular weight excluding hydrogens is 281 g/mol. The molecule has 0 aromatic heterocycles. The number of nitrogens with one attached hydrogen (secondary N) is 1. The molecule has 0 amide bonds. The Morgan fingerprint density at radius 3 is 2.76 bits per heavy atom. The van der Waals surface area contributed by atoms with Gasteiger partial charge >= 0.3 is 0 Å². The van der Waals surface area contributed by atoms with Gasteiger partial charge in [0.15, 0.2) is 0 Å². The molecule has 1 aromatic carbocycles. The molecule has 0 unspecified atom stereocenters. The summed E-state index contributed by atoms with van der Waals surface area (Å²) in [5.41, 5.74) is 1.65. The molecule has 1 fully saturated rings. The van der Waals surface area contributed by atoms with Gasteiger partial charge in [-0.25, -0.2) is 4.39 Å². The monoisotopic (exact) mass is 299 g/mol. The third kappa shape index (κ3) is 3.52. The fourth-order valence-corrected chi connectivity index (χ4v) is 2.68. The van der Waals surface area contributed by atoms with E-state index in [0.717, 1.165) is 24.0 Å². The van der Waals surface area contributed by atoms with Crippen LogP contribution in [0.2, 0.25) is 0 Å². The van der Waals surface area contributed by atoms with Crippen molar-refractivity contribution in [3.05, 3.63) is 34.1 Å². The van der Waals surface area contributed by atoms with Crippen LogP contribution in [0.1, 0.15) is 31.7 Å². The number of benzene rings is 1. The zero-order chi connectivity index (χ0) is 12.3. The van der Waals surface area contributed by atoms with Gasteiger partial charge < -0.3 is 5.32 Å². The zero-order valence-corrected chi connectivity index (χ0v) is 11.8. The highest BCUT2D eigenvalue weighted by Gasteiger charge is 2.42. The second-order valence-corrected chi connectivity index (χ2v) is 5.94. The van der Waals surface area contributed by atoms with Gasteiger partial charge in [-0.1, -0.05) is 28.9 Å². The maximum atomic E-state index is 13.0. The second kappa shape index (κ2) is 5.49. The van der Waals surface area contributed by atoms with Crippen molar-refractivity contribution in [2.24, 2.45) is 5.41 Å². The third-order valence-electron chi connectivity index (χ3n) is 3.46. The van der Waals surface area contributed by atoms with Crippen molar-refractivity contribution in [1.82, 2.24) is 5.32 Å². The minimum Gasteiger partial charge on any atom is -0.316 e. The molecule has 0 saturated heterocycles. The number of halogens is 2. The molecule has 0 spiro atoms. The highest BCUT2D eigenvalue weighted by molar-refractivity contribution is 9.10. The molecule has 94 valence electrons. The Labute approximate surface area is 111 Å². The Morgan fingerprint density at radius 1 is 1.41 bits per heavy atom. The van der Waals surface area contributed by atoms with Gasteiger partial charge in [0, 0.05) is 11.0 Å².